The van der Waals surface area contributed by atoms with Crippen LogP contribution in [-0.4, -0.2) is 20.1 Å². The molecule has 0 aliphatic carbocycles. The van der Waals surface area contributed by atoms with Gasteiger partial charge in [0.25, 0.3) is 0 Å². The molecule has 0 atom stereocenters. The summed E-state index contributed by atoms with van der Waals surface area (Å²) < 4.78 is 5.41. The minimum atomic E-state index is 0.0165. The molecule has 0 aliphatic rings. The van der Waals surface area contributed by atoms with E-state index in [1.54, 1.807) is 24.3 Å². The topological polar surface area (TPSA) is 212 Å². The molecule has 0 unspecified atom stereocenters. The van der Waals surface area contributed by atoms with Crippen molar-refractivity contribution in [3.8, 4) is 46.5 Å². The Bertz CT molecular complexity index is 1860. The van der Waals surface area contributed by atoms with Crippen molar-refractivity contribution in [1.29, 1.82) is 21.0 Å². The second-order valence-electron chi connectivity index (χ2n) is 8.72. The second kappa shape index (κ2) is 12.8. The Morgan fingerprint density at radius 2 is 1.05 bits per heavy atom. The molecule has 3 aromatic heterocycles. The molecule has 0 saturated carbocycles. The first-order valence-corrected chi connectivity index (χ1v) is 14.4. The molecule has 5 aromatic rings. The summed E-state index contributed by atoms with van der Waals surface area (Å²) in [6.45, 7) is 0. The summed E-state index contributed by atoms with van der Waals surface area (Å²) in [5.41, 5.74) is 15.1. The SMILES string of the molecule is N#Cc1c(N)nc(SCc2noc(CSc3nc(N)c(C#N)c(-c4ccccc4)c3C#N)n2)c(C#N)c1-c1ccccc1. The van der Waals surface area contributed by atoms with Crippen LogP contribution < -0.4 is 11.5 Å². The fourth-order valence-electron chi connectivity index (χ4n) is 4.26. The molecule has 0 amide bonds. The van der Waals surface area contributed by atoms with Gasteiger partial charge >= 0.3 is 0 Å². The molecule has 0 radical (unpaired) electrons. The maximum Gasteiger partial charge on any atom is 0.237 e. The van der Waals surface area contributed by atoms with E-state index in [0.717, 1.165) is 0 Å². The van der Waals surface area contributed by atoms with E-state index in [-0.39, 0.29) is 51.3 Å². The summed E-state index contributed by atoms with van der Waals surface area (Å²) in [6.07, 6.45) is 0. The molecule has 3 heterocycles. The average Bonchev–Trinajstić information content (AvgIpc) is 3.50. The molecule has 0 spiro atoms. The van der Waals surface area contributed by atoms with Crippen LogP contribution in [-0.2, 0) is 11.5 Å². The van der Waals surface area contributed by atoms with Crippen molar-refractivity contribution >= 4 is 35.2 Å². The lowest BCUT2D eigenvalue weighted by molar-refractivity contribution is 0.386. The molecule has 0 fully saturated rings. The molecule has 206 valence electrons. The Kier molecular flexibility index (Phi) is 8.50. The van der Waals surface area contributed by atoms with Gasteiger partial charge in [-0.1, -0.05) is 89.3 Å². The summed E-state index contributed by atoms with van der Waals surface area (Å²) in [7, 11) is 0. The number of nitrogens with zero attached hydrogens (tertiary/aromatic N) is 8. The molecule has 0 saturated heterocycles. The normalized spacial score (nSPS) is 10.3. The summed E-state index contributed by atoms with van der Waals surface area (Å²) >= 11 is 2.37. The van der Waals surface area contributed by atoms with E-state index in [9.17, 15) is 21.0 Å². The van der Waals surface area contributed by atoms with Crippen LogP contribution in [0.1, 0.15) is 34.0 Å². The van der Waals surface area contributed by atoms with Gasteiger partial charge in [0.2, 0.25) is 5.89 Å². The highest BCUT2D eigenvalue weighted by Crippen LogP contribution is 2.38. The third-order valence-electron chi connectivity index (χ3n) is 6.14. The number of hydrogen-bond acceptors (Lipinski definition) is 13. The molecule has 43 heavy (non-hydrogen) atoms. The first-order chi connectivity index (χ1) is 21.0. The number of aromatic nitrogens is 4. The van der Waals surface area contributed by atoms with Crippen molar-refractivity contribution in [2.75, 3.05) is 11.5 Å². The minimum Gasteiger partial charge on any atom is -0.383 e. The fraction of sp³-hybridized carbons (Fsp3) is 0.0667. The molecular formula is C30H18N10OS2. The Morgan fingerprint density at radius 3 is 1.49 bits per heavy atom. The lowest BCUT2D eigenvalue weighted by Crippen LogP contribution is -2.03. The highest BCUT2D eigenvalue weighted by atomic mass is 32.2. The second-order valence-corrected chi connectivity index (χ2v) is 10.6. The number of nitrogens with two attached hydrogens (primary N) is 2. The monoisotopic (exact) mass is 598 g/mol. The van der Waals surface area contributed by atoms with Crippen molar-refractivity contribution in [2.45, 2.75) is 21.6 Å². The zero-order chi connectivity index (χ0) is 30.3. The zero-order valence-electron chi connectivity index (χ0n) is 22.1. The van der Waals surface area contributed by atoms with Gasteiger partial charge in [0.05, 0.1) is 22.6 Å². The van der Waals surface area contributed by atoms with E-state index in [4.69, 9.17) is 16.0 Å². The third-order valence-corrected chi connectivity index (χ3v) is 8.07. The van der Waals surface area contributed by atoms with Crippen LogP contribution in [0.25, 0.3) is 22.3 Å². The maximum atomic E-state index is 9.98. The van der Waals surface area contributed by atoms with Crippen LogP contribution in [0.5, 0.6) is 0 Å². The first-order valence-electron chi connectivity index (χ1n) is 12.4. The molecule has 13 heteroatoms. The predicted molar refractivity (Wildman–Crippen MR) is 160 cm³/mol. The van der Waals surface area contributed by atoms with Gasteiger partial charge in [0.15, 0.2) is 5.82 Å². The van der Waals surface area contributed by atoms with E-state index >= 15 is 0 Å². The highest BCUT2D eigenvalue weighted by Gasteiger charge is 2.23. The van der Waals surface area contributed by atoms with Crippen molar-refractivity contribution in [3.63, 3.8) is 0 Å². The Morgan fingerprint density at radius 1 is 0.605 bits per heavy atom. The zero-order valence-corrected chi connectivity index (χ0v) is 23.8. The van der Waals surface area contributed by atoms with Gasteiger partial charge in [0, 0.05) is 11.1 Å². The number of nitriles is 4. The van der Waals surface area contributed by atoms with E-state index in [1.807, 2.05) is 36.4 Å². The average molecular weight is 599 g/mol. The molecule has 11 nitrogen and oxygen atoms in total. The Labute approximate surface area is 254 Å². The lowest BCUT2D eigenvalue weighted by Gasteiger charge is -2.12. The lowest BCUT2D eigenvalue weighted by atomic mass is 9.97. The quantitative estimate of drug-likeness (QED) is 0.213. The number of nitrogen functional groups attached to an aromatic ring is 2. The largest absolute Gasteiger partial charge is 0.383 e. The Balaban J connectivity index is 1.37. The molecular weight excluding hydrogens is 581 g/mol. The predicted octanol–water partition coefficient (Wildman–Crippen LogP) is 5.43. The highest BCUT2D eigenvalue weighted by molar-refractivity contribution is 7.98. The van der Waals surface area contributed by atoms with Crippen LogP contribution in [0.3, 0.4) is 0 Å². The summed E-state index contributed by atoms with van der Waals surface area (Å²) in [5.74, 6) is 1.04. The standard InChI is InChI=1S/C30H18N10OS2/c31-11-19-25(17-7-3-1-4-8-17)21(13-33)29(38-27(19)35)42-15-23-37-24(41-40-23)16-43-30-22(14-34)26(18-9-5-2-6-10-18)20(12-32)28(36)39-30/h1-10H,15-16H2,(H2,35,38)(H2,36,39). The van der Waals surface area contributed by atoms with E-state index in [0.29, 0.717) is 38.1 Å². The molecule has 2 aromatic carbocycles. The van der Waals surface area contributed by atoms with Gasteiger partial charge in [-0.3, -0.25) is 0 Å². The molecule has 0 bridgehead atoms. The number of hydrogen-bond donors (Lipinski definition) is 2. The summed E-state index contributed by atoms with van der Waals surface area (Å²) in [5, 5.41) is 44.0. The van der Waals surface area contributed by atoms with Crippen LogP contribution in [0.15, 0.2) is 75.2 Å². The maximum absolute atomic E-state index is 9.98. The Hall–Kier alpha value is -5.86. The minimum absolute atomic E-state index is 0.0165. The van der Waals surface area contributed by atoms with Crippen molar-refractivity contribution < 1.29 is 4.52 Å². The van der Waals surface area contributed by atoms with Crippen molar-refractivity contribution in [1.82, 2.24) is 20.1 Å². The van der Waals surface area contributed by atoms with Gasteiger partial charge in [0.1, 0.15) is 57.1 Å². The number of anilines is 2. The number of benzene rings is 2. The smallest absolute Gasteiger partial charge is 0.237 e. The van der Waals surface area contributed by atoms with Crippen LogP contribution in [0.2, 0.25) is 0 Å². The van der Waals surface area contributed by atoms with Gasteiger partial charge in [-0.05, 0) is 11.1 Å². The van der Waals surface area contributed by atoms with Gasteiger partial charge in [-0.15, -0.1) is 0 Å². The third kappa shape index (κ3) is 5.81. The van der Waals surface area contributed by atoms with Crippen LogP contribution >= 0.6 is 23.5 Å². The van der Waals surface area contributed by atoms with Crippen LogP contribution in [0, 0.1) is 45.3 Å². The summed E-state index contributed by atoms with van der Waals surface area (Å²) in [6, 6.07) is 26.5. The summed E-state index contributed by atoms with van der Waals surface area (Å²) in [4.78, 5) is 13.0. The molecule has 0 aliphatic heterocycles. The van der Waals surface area contributed by atoms with E-state index in [2.05, 4.69) is 44.4 Å². The fourth-order valence-corrected chi connectivity index (χ4v) is 5.93. The van der Waals surface area contributed by atoms with Gasteiger partial charge < -0.3 is 16.0 Å². The van der Waals surface area contributed by atoms with E-state index < -0.39 is 0 Å². The number of thioether (sulfide) groups is 2. The molecule has 4 N–H and O–H groups in total. The van der Waals surface area contributed by atoms with Crippen molar-refractivity contribution in [3.05, 3.63) is 94.6 Å². The molecule has 5 rings (SSSR count). The van der Waals surface area contributed by atoms with Crippen molar-refractivity contribution in [2.24, 2.45) is 0 Å². The van der Waals surface area contributed by atoms with Gasteiger partial charge in [-0.2, -0.15) is 26.0 Å². The van der Waals surface area contributed by atoms with E-state index in [1.165, 1.54) is 23.5 Å². The van der Waals surface area contributed by atoms with Gasteiger partial charge in [-0.25, -0.2) is 9.97 Å². The van der Waals surface area contributed by atoms with Crippen LogP contribution in [0.4, 0.5) is 11.6 Å². The number of rotatable bonds is 8. The number of pyridine rings is 2. The first kappa shape index (κ1) is 28.7.